The number of nitrogens with one attached hydrogen (secondary N) is 3. The molecule has 11 heteroatoms. The van der Waals surface area contributed by atoms with Gasteiger partial charge in [0.15, 0.2) is 4.34 Å². The topological polar surface area (TPSA) is 95.6 Å². The summed E-state index contributed by atoms with van der Waals surface area (Å²) in [6, 6.07) is -0.353. The van der Waals surface area contributed by atoms with Crippen molar-refractivity contribution >= 4 is 53.8 Å². The molecule has 0 bridgehead atoms. The van der Waals surface area contributed by atoms with Crippen molar-refractivity contribution in [3.05, 3.63) is 22.7 Å². The summed E-state index contributed by atoms with van der Waals surface area (Å²) in [6.45, 7) is 3.31. The number of hydrogen-bond donors (Lipinski definition) is 3. The highest BCUT2D eigenvalue weighted by atomic mass is 35.5. The molecule has 0 fully saturated rings. The Balaban J connectivity index is 0.00000132. The van der Waals surface area contributed by atoms with E-state index in [1.54, 1.807) is 29.4 Å². The minimum Gasteiger partial charge on any atom is -0.354 e. The summed E-state index contributed by atoms with van der Waals surface area (Å²) in [5.74, 6) is 0.748. The molecular weight excluding hydrogens is 379 g/mol. The molecule has 0 aliphatic carbocycles. The first-order chi connectivity index (χ1) is 10.2. The first-order valence-electron chi connectivity index (χ1n) is 6.70. The molecule has 1 atom stereocenters. The van der Waals surface area contributed by atoms with E-state index in [9.17, 15) is 4.79 Å². The monoisotopic (exact) mass is 396 g/mol. The fraction of sp³-hybridized carbons (Fsp3) is 0.500. The number of aryl methyl sites for hydroxylation is 1. The van der Waals surface area contributed by atoms with Gasteiger partial charge in [0.2, 0.25) is 5.91 Å². The third kappa shape index (κ3) is 5.05. The second kappa shape index (κ2) is 9.43. The minimum absolute atomic E-state index is 0. The van der Waals surface area contributed by atoms with E-state index in [2.05, 4.69) is 30.8 Å². The molecule has 0 spiro atoms. The molecule has 23 heavy (non-hydrogen) atoms. The molecule has 3 rings (SSSR count). The van der Waals surface area contributed by atoms with Crippen LogP contribution < -0.4 is 10.6 Å². The molecule has 7 nitrogen and oxygen atoms in total. The zero-order valence-electron chi connectivity index (χ0n) is 12.4. The van der Waals surface area contributed by atoms with Crippen LogP contribution in [0.5, 0.6) is 0 Å². The third-order valence-corrected chi connectivity index (χ3v) is 5.12. The summed E-state index contributed by atoms with van der Waals surface area (Å²) in [5, 5.41) is 15.1. The van der Waals surface area contributed by atoms with Crippen LogP contribution in [0.1, 0.15) is 22.4 Å². The van der Waals surface area contributed by atoms with E-state index in [0.29, 0.717) is 6.54 Å². The van der Waals surface area contributed by atoms with Gasteiger partial charge in [-0.25, -0.2) is 4.98 Å². The van der Waals surface area contributed by atoms with Gasteiger partial charge in [-0.05, 0) is 6.92 Å². The molecule has 2 aromatic heterocycles. The Labute approximate surface area is 154 Å². The van der Waals surface area contributed by atoms with Crippen molar-refractivity contribution in [2.24, 2.45) is 0 Å². The number of carbonyl (C=O) groups is 1. The Hall–Kier alpha value is -0.870. The molecule has 3 heterocycles. The number of carbonyl (C=O) groups excluding carboxylic acids is 1. The van der Waals surface area contributed by atoms with Crippen LogP contribution >= 0.6 is 47.9 Å². The van der Waals surface area contributed by atoms with E-state index in [1.807, 2.05) is 6.92 Å². The standard InChI is InChI=1S/C12H16N6OS2.2ClH/c1-7-17-18-12(21-7)20-5-4-14-11(19)10-9-8(2-3-13-10)15-6-16-9;;/h6,10,13H,2-5H2,1H3,(H,14,19)(H,15,16);2*1H. The van der Waals surface area contributed by atoms with Crippen molar-refractivity contribution in [3.8, 4) is 0 Å². The predicted molar refractivity (Wildman–Crippen MR) is 95.9 cm³/mol. The Morgan fingerprint density at radius 3 is 3.04 bits per heavy atom. The Kier molecular flexibility index (Phi) is 8.27. The summed E-state index contributed by atoms with van der Waals surface area (Å²) in [5.41, 5.74) is 1.86. The van der Waals surface area contributed by atoms with Gasteiger partial charge in [0.05, 0.1) is 12.0 Å². The van der Waals surface area contributed by atoms with Crippen LogP contribution in [0, 0.1) is 6.92 Å². The van der Waals surface area contributed by atoms with Gasteiger partial charge in [0.1, 0.15) is 11.0 Å². The molecule has 1 aliphatic rings. The summed E-state index contributed by atoms with van der Waals surface area (Å²) < 4.78 is 0.937. The third-order valence-electron chi connectivity index (χ3n) is 3.15. The average molecular weight is 397 g/mol. The number of H-pyrrole nitrogens is 1. The maximum Gasteiger partial charge on any atom is 0.243 e. The van der Waals surface area contributed by atoms with Gasteiger partial charge in [-0.1, -0.05) is 23.1 Å². The number of hydrogen-bond acceptors (Lipinski definition) is 7. The van der Waals surface area contributed by atoms with Crippen LogP contribution in [0.2, 0.25) is 0 Å². The van der Waals surface area contributed by atoms with E-state index in [4.69, 9.17) is 0 Å². The number of halogens is 2. The second-order valence-corrected chi connectivity index (χ2v) is 7.15. The van der Waals surface area contributed by atoms with Gasteiger partial charge in [0, 0.05) is 31.0 Å². The highest BCUT2D eigenvalue weighted by Gasteiger charge is 2.27. The van der Waals surface area contributed by atoms with Crippen LogP contribution in [-0.4, -0.2) is 44.9 Å². The smallest absolute Gasteiger partial charge is 0.243 e. The first kappa shape index (κ1) is 20.2. The number of nitrogens with zero attached hydrogens (tertiary/aromatic N) is 3. The molecular formula is C12H18Cl2N6OS2. The van der Waals surface area contributed by atoms with Gasteiger partial charge >= 0.3 is 0 Å². The summed E-state index contributed by atoms with van der Waals surface area (Å²) >= 11 is 3.17. The number of imidazole rings is 1. The zero-order valence-corrected chi connectivity index (χ0v) is 15.6. The number of aromatic amines is 1. The molecule has 0 saturated carbocycles. The maximum absolute atomic E-state index is 12.2. The van der Waals surface area contributed by atoms with Crippen molar-refractivity contribution in [2.75, 3.05) is 18.8 Å². The van der Waals surface area contributed by atoms with Gasteiger partial charge in [-0.15, -0.1) is 35.0 Å². The molecule has 1 aliphatic heterocycles. The highest BCUT2D eigenvalue weighted by Crippen LogP contribution is 2.21. The van der Waals surface area contributed by atoms with E-state index in [-0.39, 0.29) is 36.8 Å². The lowest BCUT2D eigenvalue weighted by Gasteiger charge is -2.22. The van der Waals surface area contributed by atoms with Gasteiger partial charge in [-0.2, -0.15) is 0 Å². The lowest BCUT2D eigenvalue weighted by Crippen LogP contribution is -2.42. The van der Waals surface area contributed by atoms with Crippen molar-refractivity contribution in [3.63, 3.8) is 0 Å². The Morgan fingerprint density at radius 2 is 2.30 bits per heavy atom. The number of aromatic nitrogens is 4. The summed E-state index contributed by atoms with van der Waals surface area (Å²) in [7, 11) is 0. The highest BCUT2D eigenvalue weighted by molar-refractivity contribution is 8.01. The maximum atomic E-state index is 12.2. The lowest BCUT2D eigenvalue weighted by atomic mass is 10.1. The van der Waals surface area contributed by atoms with E-state index < -0.39 is 0 Å². The molecule has 2 aromatic rings. The fourth-order valence-electron chi connectivity index (χ4n) is 2.19. The molecule has 128 valence electrons. The molecule has 0 saturated heterocycles. The predicted octanol–water partition coefficient (Wildman–Crippen LogP) is 1.51. The van der Waals surface area contributed by atoms with Crippen molar-refractivity contribution in [1.82, 2.24) is 30.8 Å². The Bertz CT molecular complexity index is 635. The fourth-order valence-corrected chi connectivity index (χ4v) is 3.93. The molecule has 3 N–H and O–H groups in total. The summed E-state index contributed by atoms with van der Waals surface area (Å²) in [4.78, 5) is 19.5. The van der Waals surface area contributed by atoms with Crippen LogP contribution in [-0.2, 0) is 11.2 Å². The van der Waals surface area contributed by atoms with E-state index in [1.165, 1.54) is 0 Å². The van der Waals surface area contributed by atoms with Crippen LogP contribution in [0.25, 0.3) is 0 Å². The largest absolute Gasteiger partial charge is 0.354 e. The minimum atomic E-state index is -0.353. The lowest BCUT2D eigenvalue weighted by molar-refractivity contribution is -0.123. The van der Waals surface area contributed by atoms with E-state index in [0.717, 1.165) is 39.5 Å². The van der Waals surface area contributed by atoms with Gasteiger partial charge < -0.3 is 15.6 Å². The van der Waals surface area contributed by atoms with Gasteiger partial charge in [-0.3, -0.25) is 4.79 Å². The molecule has 0 aromatic carbocycles. The van der Waals surface area contributed by atoms with Crippen LogP contribution in [0.3, 0.4) is 0 Å². The second-order valence-electron chi connectivity index (χ2n) is 4.63. The number of amides is 1. The van der Waals surface area contributed by atoms with Crippen molar-refractivity contribution < 1.29 is 4.79 Å². The van der Waals surface area contributed by atoms with E-state index >= 15 is 0 Å². The van der Waals surface area contributed by atoms with Crippen LogP contribution in [0.4, 0.5) is 0 Å². The van der Waals surface area contributed by atoms with Gasteiger partial charge in [0.25, 0.3) is 0 Å². The average Bonchev–Trinajstić information content (AvgIpc) is 3.11. The Morgan fingerprint density at radius 1 is 1.48 bits per heavy atom. The quantitative estimate of drug-likeness (QED) is 0.523. The molecule has 1 unspecified atom stereocenters. The molecule has 0 radical (unpaired) electrons. The zero-order chi connectivity index (χ0) is 14.7. The molecule has 1 amide bonds. The number of thioether (sulfide) groups is 1. The first-order valence-corrected chi connectivity index (χ1v) is 8.50. The van der Waals surface area contributed by atoms with Crippen LogP contribution in [0.15, 0.2) is 10.7 Å². The van der Waals surface area contributed by atoms with Crippen molar-refractivity contribution in [2.45, 2.75) is 23.7 Å². The normalized spacial score (nSPS) is 16.0. The number of fused-ring (bicyclic) bond motifs is 1. The number of rotatable bonds is 5. The SMILES string of the molecule is Cc1nnc(SCCNC(=O)C2NCCc3[nH]cnc32)s1.Cl.Cl. The summed E-state index contributed by atoms with van der Waals surface area (Å²) in [6.07, 6.45) is 2.52. The van der Waals surface area contributed by atoms with Crippen molar-refractivity contribution in [1.29, 1.82) is 0 Å².